The Morgan fingerprint density at radius 1 is 1.39 bits per heavy atom. The van der Waals surface area contributed by atoms with E-state index in [0.717, 1.165) is 0 Å². The molecule has 0 saturated carbocycles. The van der Waals surface area contributed by atoms with E-state index >= 15 is 0 Å². The molecule has 96 valence electrons. The van der Waals surface area contributed by atoms with Gasteiger partial charge in [0.2, 0.25) is 0 Å². The highest BCUT2D eigenvalue weighted by Gasteiger charge is 2.39. The van der Waals surface area contributed by atoms with E-state index in [1.165, 1.54) is 19.1 Å². The molecule has 0 aliphatic rings. The maximum atomic E-state index is 12.8. The summed E-state index contributed by atoms with van der Waals surface area (Å²) in [5.74, 6) is -1.63. The number of halogens is 4. The molecule has 2 aromatic rings. The van der Waals surface area contributed by atoms with Crippen LogP contribution >= 0.6 is 11.6 Å². The van der Waals surface area contributed by atoms with Crippen molar-refractivity contribution in [3.05, 3.63) is 34.0 Å². The predicted molar refractivity (Wildman–Crippen MR) is 60.0 cm³/mol. The second-order valence-electron chi connectivity index (χ2n) is 3.77. The maximum Gasteiger partial charge on any atom is 0.432 e. The molecule has 0 fully saturated rings. The molecule has 0 aliphatic carbocycles. The van der Waals surface area contributed by atoms with Crippen molar-refractivity contribution >= 4 is 28.5 Å². The van der Waals surface area contributed by atoms with Gasteiger partial charge in [0.1, 0.15) is 5.69 Å². The number of aromatic nitrogens is 1. The molecule has 18 heavy (non-hydrogen) atoms. The van der Waals surface area contributed by atoms with Crippen LogP contribution in [0, 0.1) is 6.92 Å². The summed E-state index contributed by atoms with van der Waals surface area (Å²) >= 11 is 5.79. The zero-order valence-electron chi connectivity index (χ0n) is 9.02. The summed E-state index contributed by atoms with van der Waals surface area (Å²) < 4.78 is 38.3. The summed E-state index contributed by atoms with van der Waals surface area (Å²) in [6, 6.07) is 2.64. The highest BCUT2D eigenvalue weighted by Crippen LogP contribution is 2.37. The van der Waals surface area contributed by atoms with E-state index in [9.17, 15) is 18.0 Å². The molecule has 1 aromatic carbocycles. The molecule has 0 atom stereocenters. The van der Waals surface area contributed by atoms with Crippen LogP contribution in [-0.4, -0.2) is 16.1 Å². The highest BCUT2D eigenvalue weighted by molar-refractivity contribution is 6.32. The molecule has 3 nitrogen and oxygen atoms in total. The lowest BCUT2D eigenvalue weighted by Gasteiger charge is -2.04. The molecule has 0 spiro atoms. The number of benzene rings is 1. The number of aromatic amines is 1. The lowest BCUT2D eigenvalue weighted by atomic mass is 10.1. The average molecular weight is 278 g/mol. The smallest absolute Gasteiger partial charge is 0.432 e. The summed E-state index contributed by atoms with van der Waals surface area (Å²) in [6.45, 7) is 1.52. The number of nitrogens with one attached hydrogen (secondary N) is 1. The molecular weight excluding hydrogens is 271 g/mol. The van der Waals surface area contributed by atoms with E-state index in [2.05, 4.69) is 4.98 Å². The van der Waals surface area contributed by atoms with E-state index in [1.54, 1.807) is 0 Å². The Morgan fingerprint density at radius 3 is 2.50 bits per heavy atom. The molecular formula is C11H7ClF3NO2. The van der Waals surface area contributed by atoms with Crippen molar-refractivity contribution in [2.75, 3.05) is 0 Å². The van der Waals surface area contributed by atoms with Crippen LogP contribution in [0.15, 0.2) is 12.1 Å². The van der Waals surface area contributed by atoms with Gasteiger partial charge in [-0.15, -0.1) is 0 Å². The van der Waals surface area contributed by atoms with Gasteiger partial charge in [-0.3, -0.25) is 0 Å². The first kappa shape index (κ1) is 12.8. The van der Waals surface area contributed by atoms with Crippen molar-refractivity contribution in [3.63, 3.8) is 0 Å². The van der Waals surface area contributed by atoms with Crippen LogP contribution in [0.5, 0.6) is 0 Å². The fraction of sp³-hybridized carbons (Fsp3) is 0.182. The fourth-order valence-corrected chi connectivity index (χ4v) is 1.97. The van der Waals surface area contributed by atoms with Crippen molar-refractivity contribution in [1.29, 1.82) is 0 Å². The van der Waals surface area contributed by atoms with Crippen LogP contribution in [0.1, 0.15) is 21.6 Å². The zero-order chi connectivity index (χ0) is 13.7. The predicted octanol–water partition coefficient (Wildman–Crippen LogP) is 3.85. The number of H-pyrrole nitrogens is 1. The number of aryl methyl sites for hydroxylation is 1. The zero-order valence-corrected chi connectivity index (χ0v) is 9.78. The first-order valence-corrected chi connectivity index (χ1v) is 5.22. The Morgan fingerprint density at radius 2 is 2.00 bits per heavy atom. The van der Waals surface area contributed by atoms with Gasteiger partial charge < -0.3 is 10.1 Å². The van der Waals surface area contributed by atoms with Crippen LogP contribution in [0.4, 0.5) is 13.2 Å². The minimum Gasteiger partial charge on any atom is -0.478 e. The number of alkyl halides is 3. The standard InChI is InChI=1S/C11H7ClF3NO2/c1-4-6(12)3-2-5-7(10(17)18)9(11(13,14)15)16-8(4)5/h2-3,16H,1H3,(H,17,18). The lowest BCUT2D eigenvalue weighted by Crippen LogP contribution is -2.11. The minimum absolute atomic E-state index is 0.00303. The van der Waals surface area contributed by atoms with Crippen LogP contribution in [0.2, 0.25) is 5.02 Å². The molecule has 1 aromatic heterocycles. The van der Waals surface area contributed by atoms with Crippen LogP contribution in [-0.2, 0) is 6.18 Å². The molecule has 7 heteroatoms. The largest absolute Gasteiger partial charge is 0.478 e. The molecule has 0 bridgehead atoms. The normalized spacial score (nSPS) is 12.1. The highest BCUT2D eigenvalue weighted by atomic mass is 35.5. The summed E-state index contributed by atoms with van der Waals surface area (Å²) in [4.78, 5) is 13.1. The molecule has 0 aliphatic heterocycles. The Hall–Kier alpha value is -1.69. The number of aromatic carboxylic acids is 1. The SMILES string of the molecule is Cc1c(Cl)ccc2c(C(=O)O)c(C(F)(F)F)[nH]c12. The van der Waals surface area contributed by atoms with Gasteiger partial charge in [0.15, 0.2) is 0 Å². The van der Waals surface area contributed by atoms with E-state index < -0.39 is 23.4 Å². The summed E-state index contributed by atoms with van der Waals surface area (Å²) in [5.41, 5.74) is -1.58. The topological polar surface area (TPSA) is 53.1 Å². The first-order chi connectivity index (χ1) is 8.23. The van der Waals surface area contributed by atoms with Gasteiger partial charge in [-0.05, 0) is 18.6 Å². The monoisotopic (exact) mass is 277 g/mol. The summed E-state index contributed by atoms with van der Waals surface area (Å²) in [6.07, 6.45) is -4.76. The molecule has 0 unspecified atom stereocenters. The maximum absolute atomic E-state index is 12.8. The van der Waals surface area contributed by atoms with Crippen molar-refractivity contribution in [1.82, 2.24) is 4.98 Å². The Labute approximate surface area is 104 Å². The summed E-state index contributed by atoms with van der Waals surface area (Å²) in [7, 11) is 0. The molecule has 0 saturated heterocycles. The minimum atomic E-state index is -4.76. The number of hydrogen-bond acceptors (Lipinski definition) is 1. The van der Waals surface area contributed by atoms with Gasteiger partial charge in [-0.2, -0.15) is 13.2 Å². The van der Waals surface area contributed by atoms with E-state index in [-0.39, 0.29) is 15.9 Å². The number of hydrogen-bond donors (Lipinski definition) is 2. The van der Waals surface area contributed by atoms with Gasteiger partial charge >= 0.3 is 12.1 Å². The molecule has 2 N–H and O–H groups in total. The number of carbonyl (C=O) groups is 1. The van der Waals surface area contributed by atoms with Gasteiger partial charge in [-0.1, -0.05) is 17.7 Å². The summed E-state index contributed by atoms with van der Waals surface area (Å²) in [5, 5.41) is 9.19. The van der Waals surface area contributed by atoms with Crippen molar-refractivity contribution in [2.24, 2.45) is 0 Å². The Bertz CT molecular complexity index is 646. The molecule has 0 radical (unpaired) electrons. The molecule has 0 amide bonds. The lowest BCUT2D eigenvalue weighted by molar-refractivity contribution is -0.141. The average Bonchev–Trinajstić information content (AvgIpc) is 2.63. The first-order valence-electron chi connectivity index (χ1n) is 4.84. The fourth-order valence-electron chi connectivity index (χ4n) is 1.81. The van der Waals surface area contributed by atoms with E-state index in [0.29, 0.717) is 5.56 Å². The van der Waals surface area contributed by atoms with Crippen molar-refractivity contribution in [3.8, 4) is 0 Å². The van der Waals surface area contributed by atoms with Crippen molar-refractivity contribution < 1.29 is 23.1 Å². The van der Waals surface area contributed by atoms with Crippen LogP contribution < -0.4 is 0 Å². The van der Waals surface area contributed by atoms with Gasteiger partial charge in [0, 0.05) is 10.4 Å². The van der Waals surface area contributed by atoms with Gasteiger partial charge in [0.05, 0.1) is 11.1 Å². The van der Waals surface area contributed by atoms with Gasteiger partial charge in [-0.25, -0.2) is 4.79 Å². The van der Waals surface area contributed by atoms with E-state index in [1.807, 2.05) is 0 Å². The van der Waals surface area contributed by atoms with Crippen LogP contribution in [0.3, 0.4) is 0 Å². The Kier molecular flexibility index (Phi) is 2.77. The number of carboxylic acid groups (broad SMARTS) is 1. The molecule has 1 heterocycles. The third-order valence-electron chi connectivity index (χ3n) is 2.67. The number of carboxylic acids is 1. The number of rotatable bonds is 1. The second kappa shape index (κ2) is 3.91. The van der Waals surface area contributed by atoms with Gasteiger partial charge in [0.25, 0.3) is 0 Å². The molecule has 2 rings (SSSR count). The van der Waals surface area contributed by atoms with Crippen molar-refractivity contribution in [2.45, 2.75) is 13.1 Å². The quantitative estimate of drug-likeness (QED) is 0.832. The third-order valence-corrected chi connectivity index (χ3v) is 3.08. The third kappa shape index (κ3) is 1.82. The second-order valence-corrected chi connectivity index (χ2v) is 4.18. The Balaban J connectivity index is 2.92. The number of fused-ring (bicyclic) bond motifs is 1. The van der Waals surface area contributed by atoms with E-state index in [4.69, 9.17) is 16.7 Å². The van der Waals surface area contributed by atoms with Crippen LogP contribution in [0.25, 0.3) is 10.9 Å².